The van der Waals surface area contributed by atoms with Crippen molar-refractivity contribution in [1.82, 2.24) is 0 Å². The topological polar surface area (TPSA) is 39.4 Å². The molecule has 0 spiro atoms. The van der Waals surface area contributed by atoms with Crippen molar-refractivity contribution in [3.63, 3.8) is 0 Å². The summed E-state index contributed by atoms with van der Waals surface area (Å²) < 4.78 is 11.0. The van der Waals surface area contributed by atoms with Crippen LogP contribution in [0.1, 0.15) is 61.7 Å². The van der Waals surface area contributed by atoms with Crippen molar-refractivity contribution in [1.29, 1.82) is 0 Å². The molecule has 0 unspecified atom stereocenters. The van der Waals surface area contributed by atoms with Gasteiger partial charge < -0.3 is 9.15 Å². The van der Waals surface area contributed by atoms with E-state index in [9.17, 15) is 4.79 Å². The molecule has 0 saturated carbocycles. The lowest BCUT2D eigenvalue weighted by molar-refractivity contribution is 0.103. The van der Waals surface area contributed by atoms with Crippen molar-refractivity contribution in [3.8, 4) is 5.75 Å². The summed E-state index contributed by atoms with van der Waals surface area (Å²) in [6.07, 6.45) is 3.02. The van der Waals surface area contributed by atoms with Crippen molar-refractivity contribution in [2.45, 2.75) is 45.4 Å². The minimum Gasteiger partial charge on any atom is -0.492 e. The number of ketones is 1. The molecule has 3 rings (SSSR count). The van der Waals surface area contributed by atoms with Gasteiger partial charge in [-0.3, -0.25) is 4.79 Å². The van der Waals surface area contributed by atoms with E-state index in [4.69, 9.17) is 9.15 Å². The van der Waals surface area contributed by atoms with Crippen LogP contribution in [-0.4, -0.2) is 12.4 Å². The van der Waals surface area contributed by atoms with Crippen LogP contribution in [0.3, 0.4) is 0 Å². The molecule has 0 N–H and O–H groups in total. The van der Waals surface area contributed by atoms with Gasteiger partial charge in [0.15, 0.2) is 5.78 Å². The fourth-order valence-corrected chi connectivity index (χ4v) is 2.87. The predicted octanol–water partition coefficient (Wildman–Crippen LogP) is 4.48. The zero-order chi connectivity index (χ0) is 16.1. The molecule has 0 atom stereocenters. The highest BCUT2D eigenvalue weighted by Gasteiger charge is 2.37. The standard InChI is InChI=1S/C19H22O3/c1-18(2,3)14-8-13(16(20)12-6-7-21-10-12)9-15-17(14)22-11-19(15,4)5/h6-10H,11H2,1-5H3. The van der Waals surface area contributed by atoms with Crippen LogP contribution < -0.4 is 4.74 Å². The van der Waals surface area contributed by atoms with Crippen LogP contribution in [0.25, 0.3) is 0 Å². The molecule has 116 valence electrons. The van der Waals surface area contributed by atoms with Crippen molar-refractivity contribution < 1.29 is 13.9 Å². The first-order valence-corrected chi connectivity index (χ1v) is 7.59. The second-order valence-electron chi connectivity index (χ2n) is 7.66. The smallest absolute Gasteiger partial charge is 0.196 e. The molecule has 1 aromatic carbocycles. The van der Waals surface area contributed by atoms with Gasteiger partial charge in [0.05, 0.1) is 18.4 Å². The van der Waals surface area contributed by atoms with Gasteiger partial charge in [-0.15, -0.1) is 0 Å². The Morgan fingerprint density at radius 1 is 1.18 bits per heavy atom. The quantitative estimate of drug-likeness (QED) is 0.767. The molecule has 3 heteroatoms. The monoisotopic (exact) mass is 298 g/mol. The van der Waals surface area contributed by atoms with Crippen molar-refractivity contribution >= 4 is 5.78 Å². The molecule has 0 aliphatic carbocycles. The summed E-state index contributed by atoms with van der Waals surface area (Å²) in [5.41, 5.74) is 3.31. The van der Waals surface area contributed by atoms with Gasteiger partial charge in [-0.05, 0) is 23.6 Å². The summed E-state index contributed by atoms with van der Waals surface area (Å²) in [5, 5.41) is 0. The van der Waals surface area contributed by atoms with Gasteiger partial charge in [0.1, 0.15) is 12.0 Å². The normalized spacial score (nSPS) is 16.2. The molecule has 0 radical (unpaired) electrons. The van der Waals surface area contributed by atoms with Gasteiger partial charge in [0.25, 0.3) is 0 Å². The third kappa shape index (κ3) is 2.35. The van der Waals surface area contributed by atoms with Crippen molar-refractivity contribution in [2.24, 2.45) is 0 Å². The number of benzene rings is 1. The third-order valence-corrected chi connectivity index (χ3v) is 4.25. The summed E-state index contributed by atoms with van der Waals surface area (Å²) in [6.45, 7) is 11.4. The number of rotatable bonds is 2. The Morgan fingerprint density at radius 3 is 2.50 bits per heavy atom. The zero-order valence-corrected chi connectivity index (χ0v) is 13.8. The van der Waals surface area contributed by atoms with Gasteiger partial charge in [-0.25, -0.2) is 0 Å². The maximum atomic E-state index is 12.7. The molecule has 1 aliphatic heterocycles. The summed E-state index contributed by atoms with van der Waals surface area (Å²) in [5.74, 6) is 0.936. The molecule has 1 aromatic heterocycles. The van der Waals surface area contributed by atoms with Gasteiger partial charge in [0, 0.05) is 22.1 Å². The highest BCUT2D eigenvalue weighted by atomic mass is 16.5. The molecule has 0 amide bonds. The van der Waals surface area contributed by atoms with E-state index in [2.05, 4.69) is 34.6 Å². The van der Waals surface area contributed by atoms with E-state index in [0.717, 1.165) is 16.9 Å². The van der Waals surface area contributed by atoms with Crippen LogP contribution in [0.5, 0.6) is 5.75 Å². The number of hydrogen-bond acceptors (Lipinski definition) is 3. The van der Waals surface area contributed by atoms with Crippen LogP contribution in [0, 0.1) is 0 Å². The van der Waals surface area contributed by atoms with Gasteiger partial charge in [-0.2, -0.15) is 0 Å². The first-order valence-electron chi connectivity index (χ1n) is 7.59. The number of furan rings is 1. The Hall–Kier alpha value is -2.03. The van der Waals surface area contributed by atoms with E-state index in [1.54, 1.807) is 6.07 Å². The van der Waals surface area contributed by atoms with E-state index in [1.807, 2.05) is 12.1 Å². The maximum absolute atomic E-state index is 12.7. The Morgan fingerprint density at radius 2 is 1.91 bits per heavy atom. The van der Waals surface area contributed by atoms with Gasteiger partial charge in [-0.1, -0.05) is 34.6 Å². The van der Waals surface area contributed by atoms with E-state index in [-0.39, 0.29) is 16.6 Å². The van der Waals surface area contributed by atoms with Crippen molar-refractivity contribution in [2.75, 3.05) is 6.61 Å². The minimum atomic E-state index is -0.0861. The first kappa shape index (κ1) is 14.9. The molecule has 3 nitrogen and oxygen atoms in total. The van der Waals surface area contributed by atoms with Crippen LogP contribution in [-0.2, 0) is 10.8 Å². The maximum Gasteiger partial charge on any atom is 0.196 e. The van der Waals surface area contributed by atoms with E-state index in [1.165, 1.54) is 12.5 Å². The minimum absolute atomic E-state index is 0.00949. The summed E-state index contributed by atoms with van der Waals surface area (Å²) in [6, 6.07) is 5.65. The zero-order valence-electron chi connectivity index (χ0n) is 13.8. The number of ether oxygens (including phenoxy) is 1. The van der Waals surface area contributed by atoms with E-state index < -0.39 is 0 Å². The van der Waals surface area contributed by atoms with Crippen LogP contribution in [0.2, 0.25) is 0 Å². The van der Waals surface area contributed by atoms with Crippen LogP contribution in [0.15, 0.2) is 35.1 Å². The molecule has 1 aliphatic rings. The largest absolute Gasteiger partial charge is 0.492 e. The second-order valence-corrected chi connectivity index (χ2v) is 7.66. The lowest BCUT2D eigenvalue weighted by Gasteiger charge is -2.24. The summed E-state index contributed by atoms with van der Waals surface area (Å²) >= 11 is 0. The molecule has 0 fully saturated rings. The SMILES string of the molecule is CC(C)(C)c1cc(C(=O)c2ccoc2)cc2c1OCC2(C)C. The van der Waals surface area contributed by atoms with Gasteiger partial charge >= 0.3 is 0 Å². The number of hydrogen-bond donors (Lipinski definition) is 0. The second kappa shape index (κ2) is 4.73. The third-order valence-electron chi connectivity index (χ3n) is 4.25. The highest BCUT2D eigenvalue weighted by Crippen LogP contribution is 2.45. The predicted molar refractivity (Wildman–Crippen MR) is 85.8 cm³/mol. The molecule has 0 saturated heterocycles. The van der Waals surface area contributed by atoms with Crippen LogP contribution >= 0.6 is 0 Å². The lowest BCUT2D eigenvalue weighted by Crippen LogP contribution is -2.19. The average Bonchev–Trinajstić information content (AvgIpc) is 3.05. The Bertz CT molecular complexity index is 716. The van der Waals surface area contributed by atoms with Crippen molar-refractivity contribution in [3.05, 3.63) is 53.0 Å². The average molecular weight is 298 g/mol. The summed E-state index contributed by atoms with van der Waals surface area (Å²) in [4.78, 5) is 12.7. The van der Waals surface area contributed by atoms with E-state index >= 15 is 0 Å². The number of carbonyl (C=O) groups excluding carboxylic acids is 1. The molecule has 2 aromatic rings. The first-order chi connectivity index (χ1) is 10.2. The lowest BCUT2D eigenvalue weighted by atomic mass is 9.79. The number of fused-ring (bicyclic) bond motifs is 1. The van der Waals surface area contributed by atoms with Crippen LogP contribution in [0.4, 0.5) is 0 Å². The molecule has 0 bridgehead atoms. The highest BCUT2D eigenvalue weighted by molar-refractivity contribution is 6.09. The Labute approximate surface area is 131 Å². The number of carbonyl (C=O) groups is 1. The molecular weight excluding hydrogens is 276 g/mol. The van der Waals surface area contributed by atoms with Gasteiger partial charge in [0.2, 0.25) is 0 Å². The molecular formula is C19H22O3. The van der Waals surface area contributed by atoms with E-state index in [0.29, 0.717) is 17.7 Å². The molecule has 22 heavy (non-hydrogen) atoms. The Balaban J connectivity index is 2.20. The fraction of sp³-hybridized carbons (Fsp3) is 0.421. The fourth-order valence-electron chi connectivity index (χ4n) is 2.87. The Kier molecular flexibility index (Phi) is 3.20. The molecule has 2 heterocycles. The summed E-state index contributed by atoms with van der Waals surface area (Å²) in [7, 11) is 0.